The molecular weight excluding hydrogens is 254 g/mol. The molecule has 1 amide bonds. The highest BCUT2D eigenvalue weighted by Gasteiger charge is 2.34. The monoisotopic (exact) mass is 279 g/mol. The first-order valence-corrected chi connectivity index (χ1v) is 7.12. The molecule has 6 nitrogen and oxygen atoms in total. The molecule has 1 saturated heterocycles. The summed E-state index contributed by atoms with van der Waals surface area (Å²) in [6.45, 7) is 4.36. The summed E-state index contributed by atoms with van der Waals surface area (Å²) in [5.74, 6) is 0.351. The molecular formula is C14H25N5O. The minimum absolute atomic E-state index is 0.00596. The van der Waals surface area contributed by atoms with Crippen molar-refractivity contribution in [3.8, 4) is 0 Å². The number of amides is 1. The Kier molecular flexibility index (Phi) is 4.77. The molecule has 1 aliphatic rings. The fourth-order valence-corrected chi connectivity index (χ4v) is 2.50. The van der Waals surface area contributed by atoms with Crippen LogP contribution < -0.4 is 10.6 Å². The van der Waals surface area contributed by atoms with Crippen LogP contribution in [0, 0.1) is 5.92 Å². The highest BCUT2D eigenvalue weighted by molar-refractivity contribution is 5.80. The molecule has 1 aliphatic heterocycles. The van der Waals surface area contributed by atoms with Gasteiger partial charge in [-0.3, -0.25) is 9.48 Å². The van der Waals surface area contributed by atoms with Crippen molar-refractivity contribution in [3.05, 3.63) is 18.0 Å². The van der Waals surface area contributed by atoms with Crippen LogP contribution in [0.3, 0.4) is 0 Å². The zero-order valence-electron chi connectivity index (χ0n) is 12.8. The number of nitrogens with one attached hydrogen (secondary N) is 2. The molecule has 0 aliphatic carbocycles. The highest BCUT2D eigenvalue weighted by Crippen LogP contribution is 2.27. The maximum Gasteiger partial charge on any atom is 0.225 e. The van der Waals surface area contributed by atoms with Gasteiger partial charge in [-0.15, -0.1) is 0 Å². The van der Waals surface area contributed by atoms with Gasteiger partial charge >= 0.3 is 0 Å². The molecule has 1 aromatic heterocycles. The van der Waals surface area contributed by atoms with Crippen LogP contribution >= 0.6 is 0 Å². The van der Waals surface area contributed by atoms with Crippen molar-refractivity contribution in [3.63, 3.8) is 0 Å². The molecule has 2 N–H and O–H groups in total. The molecule has 1 aromatic rings. The maximum absolute atomic E-state index is 12.4. The second-order valence-electron chi connectivity index (χ2n) is 5.88. The van der Waals surface area contributed by atoms with E-state index in [1.165, 1.54) is 0 Å². The fraction of sp³-hybridized carbons (Fsp3) is 0.714. The molecule has 0 saturated carbocycles. The molecule has 3 atom stereocenters. The molecule has 6 heteroatoms. The summed E-state index contributed by atoms with van der Waals surface area (Å²) in [4.78, 5) is 14.5. The minimum Gasteiger partial charge on any atom is -0.354 e. The van der Waals surface area contributed by atoms with E-state index in [0.29, 0.717) is 12.6 Å². The Labute approximate surface area is 120 Å². The van der Waals surface area contributed by atoms with Gasteiger partial charge in [0.2, 0.25) is 5.91 Å². The third kappa shape index (κ3) is 3.37. The van der Waals surface area contributed by atoms with E-state index in [2.05, 4.69) is 27.6 Å². The van der Waals surface area contributed by atoms with Crippen molar-refractivity contribution < 1.29 is 4.79 Å². The molecule has 2 rings (SSSR count). The quantitative estimate of drug-likeness (QED) is 0.783. The lowest BCUT2D eigenvalue weighted by atomic mass is 9.90. The van der Waals surface area contributed by atoms with E-state index in [1.807, 2.05) is 33.5 Å². The van der Waals surface area contributed by atoms with E-state index < -0.39 is 0 Å². The number of carbonyl (C=O) groups is 1. The lowest BCUT2D eigenvalue weighted by molar-refractivity contribution is -0.125. The first-order valence-electron chi connectivity index (χ1n) is 7.12. The van der Waals surface area contributed by atoms with Gasteiger partial charge in [0.05, 0.1) is 12.1 Å². The van der Waals surface area contributed by atoms with Crippen molar-refractivity contribution in [1.82, 2.24) is 25.3 Å². The Bertz CT molecular complexity index is 456. The molecule has 2 heterocycles. The van der Waals surface area contributed by atoms with Gasteiger partial charge in [0, 0.05) is 44.8 Å². The van der Waals surface area contributed by atoms with Gasteiger partial charge in [0.1, 0.15) is 0 Å². The van der Waals surface area contributed by atoms with Crippen molar-refractivity contribution in [1.29, 1.82) is 0 Å². The number of nitrogens with zero attached hydrogens (tertiary/aromatic N) is 3. The molecule has 20 heavy (non-hydrogen) atoms. The van der Waals surface area contributed by atoms with Crippen LogP contribution in [0.15, 0.2) is 12.4 Å². The van der Waals surface area contributed by atoms with Gasteiger partial charge in [-0.25, -0.2) is 0 Å². The van der Waals surface area contributed by atoms with Gasteiger partial charge in [-0.1, -0.05) is 0 Å². The number of aryl methyl sites for hydroxylation is 1. The number of rotatable bonds is 5. The summed E-state index contributed by atoms with van der Waals surface area (Å²) in [6, 6.07) is 0.338. The normalized spacial score (nSPS) is 24.1. The molecule has 1 fully saturated rings. The second kappa shape index (κ2) is 6.37. The second-order valence-corrected chi connectivity index (χ2v) is 5.88. The lowest BCUT2D eigenvalue weighted by Crippen LogP contribution is -2.42. The van der Waals surface area contributed by atoms with Crippen LogP contribution in [-0.2, 0) is 11.8 Å². The number of carbonyl (C=O) groups excluding carboxylic acids is 1. The van der Waals surface area contributed by atoms with Crippen molar-refractivity contribution in [2.75, 3.05) is 33.7 Å². The van der Waals surface area contributed by atoms with Crippen molar-refractivity contribution >= 4 is 5.91 Å². The summed E-state index contributed by atoms with van der Waals surface area (Å²) >= 11 is 0. The van der Waals surface area contributed by atoms with Crippen LogP contribution in [0.2, 0.25) is 0 Å². The smallest absolute Gasteiger partial charge is 0.225 e. The zero-order chi connectivity index (χ0) is 14.7. The summed E-state index contributed by atoms with van der Waals surface area (Å²) in [5.41, 5.74) is 1.14. The van der Waals surface area contributed by atoms with Gasteiger partial charge in [0.15, 0.2) is 0 Å². The van der Waals surface area contributed by atoms with Gasteiger partial charge < -0.3 is 15.5 Å². The van der Waals surface area contributed by atoms with Gasteiger partial charge in [-0.05, 0) is 26.6 Å². The predicted octanol–water partition coefficient (Wildman–Crippen LogP) is -0.211. The van der Waals surface area contributed by atoms with Crippen LogP contribution in [0.4, 0.5) is 0 Å². The Morgan fingerprint density at radius 3 is 2.95 bits per heavy atom. The Morgan fingerprint density at radius 2 is 2.35 bits per heavy atom. The summed E-state index contributed by atoms with van der Waals surface area (Å²) in [5, 5.41) is 10.6. The predicted molar refractivity (Wildman–Crippen MR) is 78.5 cm³/mol. The Hall–Kier alpha value is -1.40. The number of aromatic nitrogens is 2. The van der Waals surface area contributed by atoms with E-state index in [4.69, 9.17) is 0 Å². The molecule has 112 valence electrons. The third-order valence-corrected chi connectivity index (χ3v) is 4.16. The Morgan fingerprint density at radius 1 is 1.60 bits per heavy atom. The van der Waals surface area contributed by atoms with Crippen LogP contribution in [0.25, 0.3) is 0 Å². The average molecular weight is 279 g/mol. The zero-order valence-corrected chi connectivity index (χ0v) is 12.8. The average Bonchev–Trinajstić information content (AvgIpc) is 3.03. The lowest BCUT2D eigenvalue weighted by Gasteiger charge is -2.22. The van der Waals surface area contributed by atoms with Crippen LogP contribution in [-0.4, -0.2) is 60.4 Å². The summed E-state index contributed by atoms with van der Waals surface area (Å²) in [7, 11) is 5.94. The highest BCUT2D eigenvalue weighted by atomic mass is 16.1. The van der Waals surface area contributed by atoms with Crippen molar-refractivity contribution in [2.24, 2.45) is 13.0 Å². The molecule has 0 radical (unpaired) electrons. The topological polar surface area (TPSA) is 62.2 Å². The largest absolute Gasteiger partial charge is 0.354 e. The molecule has 0 spiro atoms. The first kappa shape index (κ1) is 15.0. The van der Waals surface area contributed by atoms with E-state index in [9.17, 15) is 4.79 Å². The van der Waals surface area contributed by atoms with Gasteiger partial charge in [-0.2, -0.15) is 5.10 Å². The molecule has 0 bridgehead atoms. The number of hydrogen-bond donors (Lipinski definition) is 2. The summed E-state index contributed by atoms with van der Waals surface area (Å²) < 4.78 is 1.79. The molecule has 0 aromatic carbocycles. The summed E-state index contributed by atoms with van der Waals surface area (Å²) in [6.07, 6.45) is 3.86. The number of hydrogen-bond acceptors (Lipinski definition) is 4. The van der Waals surface area contributed by atoms with E-state index >= 15 is 0 Å². The van der Waals surface area contributed by atoms with Gasteiger partial charge in [0.25, 0.3) is 0 Å². The van der Waals surface area contributed by atoms with Crippen molar-refractivity contribution in [2.45, 2.75) is 18.9 Å². The third-order valence-electron chi connectivity index (χ3n) is 4.16. The maximum atomic E-state index is 12.4. The van der Waals surface area contributed by atoms with Crippen LogP contribution in [0.5, 0.6) is 0 Å². The molecule has 1 unspecified atom stereocenters. The van der Waals surface area contributed by atoms with Crippen LogP contribution in [0.1, 0.15) is 18.4 Å². The van der Waals surface area contributed by atoms with E-state index in [-0.39, 0.29) is 17.7 Å². The SMILES string of the molecule is CC(CNC(=O)[C@H]1CNC[C@@H]1c1cnn(C)c1)N(C)C. The van der Waals surface area contributed by atoms with E-state index in [0.717, 1.165) is 18.7 Å². The standard InChI is InChI=1S/C14H25N5O/c1-10(18(2)3)5-16-14(20)13-8-15-7-12(13)11-6-17-19(4)9-11/h6,9-10,12-13,15H,5,7-8H2,1-4H3,(H,16,20)/t10?,12-,13+/m1/s1. The van der Waals surface area contributed by atoms with E-state index in [1.54, 1.807) is 4.68 Å². The first-order chi connectivity index (χ1) is 9.49. The Balaban J connectivity index is 1.95. The minimum atomic E-state index is -0.00596. The fourth-order valence-electron chi connectivity index (χ4n) is 2.50. The number of likely N-dealkylation sites (N-methyl/N-ethyl adjacent to an activating group) is 1.